The smallest absolute Gasteiger partial charge is 0.480 e. The molecule has 0 saturated carbocycles. The lowest BCUT2D eigenvalue weighted by Crippen LogP contribution is -2.30. The number of carbonyl (C=O) groups excluding carboxylic acids is 4. The summed E-state index contributed by atoms with van der Waals surface area (Å²) in [6, 6.07) is 11.6. The fraction of sp³-hybridized carbons (Fsp3) is 0.120. The largest absolute Gasteiger partial charge is 0.511 e. The molecule has 1 unspecified atom stereocenters. The summed E-state index contributed by atoms with van der Waals surface area (Å²) < 4.78 is 9.80. The molecule has 1 aromatic heterocycles. The first-order chi connectivity index (χ1) is 16.5. The molecule has 0 aliphatic heterocycles. The zero-order valence-electron chi connectivity index (χ0n) is 18.4. The van der Waals surface area contributed by atoms with Crippen molar-refractivity contribution >= 4 is 35.3 Å². The van der Waals surface area contributed by atoms with Crippen LogP contribution in [0.15, 0.2) is 59.2 Å². The van der Waals surface area contributed by atoms with Gasteiger partial charge in [-0.25, -0.2) is 4.79 Å². The second-order valence-electron chi connectivity index (χ2n) is 7.49. The van der Waals surface area contributed by atoms with Crippen LogP contribution in [0.5, 0.6) is 5.75 Å². The molecule has 1 atom stereocenters. The Morgan fingerprint density at radius 3 is 2.00 bits per heavy atom. The Balaban J connectivity index is 2.05. The topological polar surface area (TPSA) is 165 Å². The van der Waals surface area contributed by atoms with Crippen molar-refractivity contribution in [3.63, 3.8) is 0 Å². The number of furan rings is 1. The molecule has 0 saturated heterocycles. The number of hydrogen-bond acceptors (Lipinski definition) is 8. The van der Waals surface area contributed by atoms with Crippen molar-refractivity contribution in [1.29, 1.82) is 0 Å². The van der Waals surface area contributed by atoms with E-state index < -0.39 is 46.9 Å². The Morgan fingerprint density at radius 2 is 1.46 bits per heavy atom. The summed E-state index contributed by atoms with van der Waals surface area (Å²) in [4.78, 5) is 72.7. The molecule has 0 fully saturated rings. The second-order valence-corrected chi connectivity index (χ2v) is 7.49. The third-order valence-corrected chi connectivity index (χ3v) is 5.10. The molecule has 10 nitrogen and oxygen atoms in total. The SMILES string of the molecule is CC(=O)C(C(=O)O)C(=O)c1occ(C(=O)c2cc(OC(=O)O)cc(C(=O)c3ccccc3)c2)c1C. The van der Waals surface area contributed by atoms with Crippen molar-refractivity contribution in [2.45, 2.75) is 13.8 Å². The standard InChI is InChI=1S/C25H18O10/c1-12-18(11-34-23(12)22(29)19(13(2)26)24(30)31)21(28)16-8-15(9-17(10-16)35-25(32)33)20(27)14-6-4-3-5-7-14/h3-11,19H,1-2H3,(H,30,31)(H,32,33). The maximum absolute atomic E-state index is 13.2. The molecule has 3 aromatic rings. The summed E-state index contributed by atoms with van der Waals surface area (Å²) >= 11 is 0. The number of aliphatic carboxylic acids is 1. The molecule has 0 amide bonds. The fourth-order valence-electron chi connectivity index (χ4n) is 3.42. The third kappa shape index (κ3) is 5.22. The number of ether oxygens (including phenoxy) is 1. The first-order valence-electron chi connectivity index (χ1n) is 10.1. The quantitative estimate of drug-likeness (QED) is 0.201. The predicted octanol–water partition coefficient (Wildman–Crippen LogP) is 3.58. The molecule has 0 radical (unpaired) electrons. The molecule has 178 valence electrons. The van der Waals surface area contributed by atoms with Gasteiger partial charge in [-0.2, -0.15) is 0 Å². The number of hydrogen-bond donors (Lipinski definition) is 2. The lowest BCUT2D eigenvalue weighted by molar-refractivity contribution is -0.143. The van der Waals surface area contributed by atoms with Crippen molar-refractivity contribution < 1.29 is 48.1 Å². The second kappa shape index (κ2) is 9.96. The summed E-state index contributed by atoms with van der Waals surface area (Å²) in [5.41, 5.74) is -0.0557. The lowest BCUT2D eigenvalue weighted by atomic mass is 9.93. The Kier molecular flexibility index (Phi) is 7.05. The fourth-order valence-corrected chi connectivity index (χ4v) is 3.42. The van der Waals surface area contributed by atoms with Crippen molar-refractivity contribution in [3.8, 4) is 5.75 Å². The van der Waals surface area contributed by atoms with Gasteiger partial charge >= 0.3 is 12.1 Å². The summed E-state index contributed by atoms with van der Waals surface area (Å²) in [5, 5.41) is 18.2. The van der Waals surface area contributed by atoms with Crippen molar-refractivity contribution in [3.05, 3.63) is 88.4 Å². The van der Waals surface area contributed by atoms with Gasteiger partial charge in [-0.15, -0.1) is 0 Å². The van der Waals surface area contributed by atoms with Gasteiger partial charge in [0.2, 0.25) is 5.78 Å². The lowest BCUT2D eigenvalue weighted by Gasteiger charge is -2.09. The van der Waals surface area contributed by atoms with Gasteiger partial charge in [-0.05, 0) is 32.0 Å². The molecule has 0 aliphatic rings. The third-order valence-electron chi connectivity index (χ3n) is 5.10. The number of benzene rings is 2. The molecule has 2 N–H and O–H groups in total. The molecule has 1 heterocycles. The predicted molar refractivity (Wildman–Crippen MR) is 118 cm³/mol. The molecule has 10 heteroatoms. The van der Waals surface area contributed by atoms with Crippen LogP contribution in [0.3, 0.4) is 0 Å². The Bertz CT molecular complexity index is 1350. The molecular formula is C25H18O10. The van der Waals surface area contributed by atoms with Gasteiger partial charge < -0.3 is 19.4 Å². The van der Waals surface area contributed by atoms with Crippen molar-refractivity contribution in [2.75, 3.05) is 0 Å². The zero-order chi connectivity index (χ0) is 25.9. The normalized spacial score (nSPS) is 11.4. The number of ketones is 4. The van der Waals surface area contributed by atoms with Crippen molar-refractivity contribution in [1.82, 2.24) is 0 Å². The number of carboxylic acid groups (broad SMARTS) is 2. The van der Waals surface area contributed by atoms with Gasteiger partial charge in [-0.1, -0.05) is 30.3 Å². The summed E-state index contributed by atoms with van der Waals surface area (Å²) in [5.74, 6) is -7.70. The highest BCUT2D eigenvalue weighted by molar-refractivity contribution is 6.22. The van der Waals surface area contributed by atoms with Crippen LogP contribution in [0.4, 0.5) is 4.79 Å². The van der Waals surface area contributed by atoms with E-state index in [0.717, 1.165) is 19.3 Å². The number of Topliss-reactive ketones (excluding diaryl/α,β-unsaturated/α-hetero) is 2. The average molecular weight is 478 g/mol. The monoisotopic (exact) mass is 478 g/mol. The van der Waals surface area contributed by atoms with Crippen LogP contribution in [0, 0.1) is 12.8 Å². The molecular weight excluding hydrogens is 460 g/mol. The van der Waals surface area contributed by atoms with E-state index in [1.807, 2.05) is 0 Å². The molecule has 0 spiro atoms. The van der Waals surface area contributed by atoms with E-state index in [9.17, 15) is 33.9 Å². The van der Waals surface area contributed by atoms with E-state index in [1.165, 1.54) is 19.1 Å². The molecule has 35 heavy (non-hydrogen) atoms. The molecule has 3 rings (SSSR count). The van der Waals surface area contributed by atoms with Crippen LogP contribution in [-0.2, 0) is 9.59 Å². The van der Waals surface area contributed by atoms with E-state index in [1.54, 1.807) is 30.3 Å². The van der Waals surface area contributed by atoms with Gasteiger partial charge in [0.15, 0.2) is 29.0 Å². The molecule has 0 bridgehead atoms. The van der Waals surface area contributed by atoms with Crippen LogP contribution in [-0.4, -0.2) is 45.5 Å². The molecule has 2 aromatic carbocycles. The van der Waals surface area contributed by atoms with E-state index >= 15 is 0 Å². The number of rotatable bonds is 9. The minimum absolute atomic E-state index is 0.0204. The highest BCUT2D eigenvalue weighted by Crippen LogP contribution is 2.26. The average Bonchev–Trinajstić information content (AvgIpc) is 3.18. The summed E-state index contributed by atoms with van der Waals surface area (Å²) in [6.07, 6.45) is -0.739. The number of carboxylic acids is 1. The maximum atomic E-state index is 13.2. The molecule has 0 aliphatic carbocycles. The Morgan fingerprint density at radius 1 is 0.857 bits per heavy atom. The number of carbonyl (C=O) groups is 6. The highest BCUT2D eigenvalue weighted by atomic mass is 16.7. The summed E-state index contributed by atoms with van der Waals surface area (Å²) in [6.45, 7) is 2.27. The van der Waals surface area contributed by atoms with Crippen LogP contribution in [0.1, 0.15) is 54.9 Å². The van der Waals surface area contributed by atoms with Gasteiger partial charge in [0, 0.05) is 22.3 Å². The van der Waals surface area contributed by atoms with E-state index in [-0.39, 0.29) is 33.6 Å². The van der Waals surface area contributed by atoms with E-state index in [4.69, 9.17) is 9.52 Å². The van der Waals surface area contributed by atoms with Gasteiger partial charge in [0.25, 0.3) is 0 Å². The van der Waals surface area contributed by atoms with E-state index in [2.05, 4.69) is 4.74 Å². The minimum Gasteiger partial charge on any atom is -0.480 e. The van der Waals surface area contributed by atoms with Gasteiger partial charge in [0.05, 0.1) is 5.56 Å². The van der Waals surface area contributed by atoms with Crippen molar-refractivity contribution in [2.24, 2.45) is 5.92 Å². The maximum Gasteiger partial charge on any atom is 0.511 e. The highest BCUT2D eigenvalue weighted by Gasteiger charge is 2.36. The van der Waals surface area contributed by atoms with Gasteiger partial charge in [0.1, 0.15) is 12.0 Å². The van der Waals surface area contributed by atoms with Gasteiger partial charge in [-0.3, -0.25) is 24.0 Å². The minimum atomic E-state index is -2.00. The first-order valence-corrected chi connectivity index (χ1v) is 10.1. The zero-order valence-corrected chi connectivity index (χ0v) is 18.4. The van der Waals surface area contributed by atoms with Crippen LogP contribution < -0.4 is 4.74 Å². The summed E-state index contributed by atoms with van der Waals surface area (Å²) in [7, 11) is 0. The van der Waals surface area contributed by atoms with Crippen LogP contribution in [0.2, 0.25) is 0 Å². The Labute approximate surface area is 197 Å². The van der Waals surface area contributed by atoms with Crippen LogP contribution >= 0.6 is 0 Å². The van der Waals surface area contributed by atoms with Crippen LogP contribution in [0.25, 0.3) is 0 Å². The first kappa shape index (κ1) is 24.8. The van der Waals surface area contributed by atoms with E-state index in [0.29, 0.717) is 0 Å². The Hall–Kier alpha value is -4.86.